The Hall–Kier alpha value is -1.82. The molecule has 0 saturated carbocycles. The SMILES string of the molecule is Cc1ccc(NC(=O)CN2C(=O)[C@H](C)S[C@H](C)C2=O)c(C)c1. The third-order valence-corrected chi connectivity index (χ3v) is 4.81. The summed E-state index contributed by atoms with van der Waals surface area (Å²) < 4.78 is 0. The van der Waals surface area contributed by atoms with Gasteiger partial charge in [0.15, 0.2) is 0 Å². The van der Waals surface area contributed by atoms with Crippen molar-refractivity contribution in [3.63, 3.8) is 0 Å². The molecule has 1 aliphatic rings. The van der Waals surface area contributed by atoms with Crippen molar-refractivity contribution >= 4 is 35.2 Å². The molecule has 1 N–H and O–H groups in total. The lowest BCUT2D eigenvalue weighted by molar-refractivity contribution is -0.147. The predicted molar refractivity (Wildman–Crippen MR) is 87.8 cm³/mol. The number of nitrogens with one attached hydrogen (secondary N) is 1. The number of benzene rings is 1. The van der Waals surface area contributed by atoms with Crippen LogP contribution in [0.5, 0.6) is 0 Å². The van der Waals surface area contributed by atoms with E-state index < -0.39 is 0 Å². The van der Waals surface area contributed by atoms with Crippen LogP contribution in [0.1, 0.15) is 25.0 Å². The zero-order valence-corrected chi connectivity index (χ0v) is 14.0. The molecule has 0 radical (unpaired) electrons. The molecule has 22 heavy (non-hydrogen) atoms. The van der Waals surface area contributed by atoms with Crippen LogP contribution in [-0.4, -0.2) is 39.7 Å². The van der Waals surface area contributed by atoms with Crippen LogP contribution in [0.25, 0.3) is 0 Å². The maximum atomic E-state index is 12.2. The van der Waals surface area contributed by atoms with E-state index in [-0.39, 0.29) is 34.8 Å². The van der Waals surface area contributed by atoms with Crippen molar-refractivity contribution < 1.29 is 14.4 Å². The largest absolute Gasteiger partial charge is 0.324 e. The van der Waals surface area contributed by atoms with E-state index in [1.54, 1.807) is 13.8 Å². The van der Waals surface area contributed by atoms with Gasteiger partial charge in [0.1, 0.15) is 6.54 Å². The molecule has 118 valence electrons. The molecule has 1 aromatic carbocycles. The van der Waals surface area contributed by atoms with E-state index in [4.69, 9.17) is 0 Å². The number of carbonyl (C=O) groups excluding carboxylic acids is 3. The third kappa shape index (κ3) is 3.50. The number of aryl methyl sites for hydroxylation is 2. The molecular weight excluding hydrogens is 300 g/mol. The maximum absolute atomic E-state index is 12.2. The van der Waals surface area contributed by atoms with Crippen molar-refractivity contribution in [3.8, 4) is 0 Å². The van der Waals surface area contributed by atoms with Gasteiger partial charge in [-0.25, -0.2) is 0 Å². The van der Waals surface area contributed by atoms with E-state index in [2.05, 4.69) is 5.32 Å². The molecule has 1 heterocycles. The Morgan fingerprint density at radius 2 is 1.77 bits per heavy atom. The number of hydrogen-bond acceptors (Lipinski definition) is 4. The fourth-order valence-corrected chi connectivity index (χ4v) is 3.51. The molecule has 5 nitrogen and oxygen atoms in total. The van der Waals surface area contributed by atoms with Gasteiger partial charge in [0, 0.05) is 5.69 Å². The lowest BCUT2D eigenvalue weighted by Crippen LogP contribution is -2.52. The van der Waals surface area contributed by atoms with Crippen LogP contribution in [0.3, 0.4) is 0 Å². The summed E-state index contributed by atoms with van der Waals surface area (Å²) in [4.78, 5) is 37.4. The Labute approximate surface area is 134 Å². The first-order chi connectivity index (χ1) is 10.3. The highest BCUT2D eigenvalue weighted by atomic mass is 32.2. The van der Waals surface area contributed by atoms with Gasteiger partial charge in [0.25, 0.3) is 0 Å². The highest BCUT2D eigenvalue weighted by Gasteiger charge is 2.37. The van der Waals surface area contributed by atoms with Gasteiger partial charge in [-0.2, -0.15) is 0 Å². The molecule has 1 saturated heterocycles. The minimum atomic E-state index is -0.361. The number of nitrogens with zero attached hydrogens (tertiary/aromatic N) is 1. The van der Waals surface area contributed by atoms with Crippen LogP contribution < -0.4 is 5.32 Å². The van der Waals surface area contributed by atoms with E-state index >= 15 is 0 Å². The van der Waals surface area contributed by atoms with Crippen LogP contribution in [-0.2, 0) is 14.4 Å². The van der Waals surface area contributed by atoms with Gasteiger partial charge in [0.2, 0.25) is 17.7 Å². The molecule has 0 unspecified atom stereocenters. The van der Waals surface area contributed by atoms with Crippen LogP contribution in [0, 0.1) is 13.8 Å². The molecule has 0 spiro atoms. The molecular formula is C16H20N2O3S. The van der Waals surface area contributed by atoms with Crippen molar-refractivity contribution in [1.29, 1.82) is 0 Å². The van der Waals surface area contributed by atoms with Gasteiger partial charge in [-0.05, 0) is 39.3 Å². The number of thioether (sulfide) groups is 1. The van der Waals surface area contributed by atoms with Crippen LogP contribution >= 0.6 is 11.8 Å². The van der Waals surface area contributed by atoms with Gasteiger partial charge in [-0.15, -0.1) is 11.8 Å². The number of anilines is 1. The standard InChI is InChI=1S/C16H20N2O3S/c1-9-5-6-13(10(2)7-9)17-14(19)8-18-15(20)11(3)22-12(4)16(18)21/h5-7,11-12H,8H2,1-4H3,(H,17,19)/t11-,12+. The van der Waals surface area contributed by atoms with E-state index in [0.29, 0.717) is 5.69 Å². The molecule has 0 bridgehead atoms. The molecule has 0 aliphatic carbocycles. The smallest absolute Gasteiger partial charge is 0.244 e. The number of amides is 3. The Bertz CT molecular complexity index is 610. The fraction of sp³-hybridized carbons (Fsp3) is 0.438. The predicted octanol–water partition coefficient (Wildman–Crippen LogP) is 2.12. The van der Waals surface area contributed by atoms with Crippen molar-refractivity contribution in [3.05, 3.63) is 29.3 Å². The molecule has 3 amide bonds. The van der Waals surface area contributed by atoms with Gasteiger partial charge >= 0.3 is 0 Å². The summed E-state index contributed by atoms with van der Waals surface area (Å²) in [6.45, 7) is 7.15. The lowest BCUT2D eigenvalue weighted by Gasteiger charge is -2.31. The van der Waals surface area contributed by atoms with Crippen molar-refractivity contribution in [1.82, 2.24) is 4.90 Å². The summed E-state index contributed by atoms with van der Waals surface area (Å²) in [5.41, 5.74) is 2.75. The Morgan fingerprint density at radius 3 is 2.32 bits per heavy atom. The van der Waals surface area contributed by atoms with Gasteiger partial charge < -0.3 is 5.32 Å². The van der Waals surface area contributed by atoms with E-state index in [1.165, 1.54) is 11.8 Å². The zero-order chi connectivity index (χ0) is 16.4. The van der Waals surface area contributed by atoms with Gasteiger partial charge in [-0.3, -0.25) is 19.3 Å². The second-order valence-corrected chi connectivity index (χ2v) is 7.24. The minimum absolute atomic E-state index is 0.236. The highest BCUT2D eigenvalue weighted by Crippen LogP contribution is 2.27. The van der Waals surface area contributed by atoms with E-state index in [9.17, 15) is 14.4 Å². The third-order valence-electron chi connectivity index (χ3n) is 3.59. The van der Waals surface area contributed by atoms with Gasteiger partial charge in [-0.1, -0.05) is 17.7 Å². The van der Waals surface area contributed by atoms with Crippen molar-refractivity contribution in [2.24, 2.45) is 0 Å². The van der Waals surface area contributed by atoms with E-state index in [1.807, 2.05) is 32.0 Å². The van der Waals surface area contributed by atoms with Crippen molar-refractivity contribution in [2.45, 2.75) is 38.2 Å². The summed E-state index contributed by atoms with van der Waals surface area (Å²) in [6.07, 6.45) is 0. The average Bonchev–Trinajstić information content (AvgIpc) is 2.44. The summed E-state index contributed by atoms with van der Waals surface area (Å²) in [6, 6.07) is 5.69. The number of imide groups is 1. The molecule has 2 atom stereocenters. The molecule has 1 fully saturated rings. The summed E-state index contributed by atoms with van der Waals surface area (Å²) in [7, 11) is 0. The minimum Gasteiger partial charge on any atom is -0.324 e. The second-order valence-electron chi connectivity index (χ2n) is 5.55. The fourth-order valence-electron chi connectivity index (χ4n) is 2.41. The zero-order valence-electron chi connectivity index (χ0n) is 13.2. The molecule has 1 aromatic rings. The molecule has 2 rings (SSSR count). The molecule has 0 aromatic heterocycles. The number of carbonyl (C=O) groups is 3. The summed E-state index contributed by atoms with van der Waals surface area (Å²) >= 11 is 1.32. The first-order valence-corrected chi connectivity index (χ1v) is 8.11. The monoisotopic (exact) mass is 320 g/mol. The molecule has 1 aliphatic heterocycles. The normalized spacial score (nSPS) is 21.9. The average molecular weight is 320 g/mol. The highest BCUT2D eigenvalue weighted by molar-refractivity contribution is 8.02. The Morgan fingerprint density at radius 1 is 1.18 bits per heavy atom. The lowest BCUT2D eigenvalue weighted by atomic mass is 10.1. The summed E-state index contributed by atoms with van der Waals surface area (Å²) in [5.74, 6) is -0.965. The van der Waals surface area contributed by atoms with Gasteiger partial charge in [0.05, 0.1) is 10.5 Å². The quantitative estimate of drug-likeness (QED) is 0.866. The van der Waals surface area contributed by atoms with E-state index in [0.717, 1.165) is 16.0 Å². The molecule has 6 heteroatoms. The van der Waals surface area contributed by atoms with Crippen LogP contribution in [0.15, 0.2) is 18.2 Å². The van der Waals surface area contributed by atoms with Crippen LogP contribution in [0.2, 0.25) is 0 Å². The first-order valence-electron chi connectivity index (χ1n) is 7.17. The Balaban J connectivity index is 2.07. The first kappa shape index (κ1) is 16.5. The van der Waals surface area contributed by atoms with Crippen LogP contribution in [0.4, 0.5) is 5.69 Å². The maximum Gasteiger partial charge on any atom is 0.244 e. The van der Waals surface area contributed by atoms with Crippen molar-refractivity contribution in [2.75, 3.05) is 11.9 Å². The Kier molecular flexibility index (Phi) is 4.90. The summed E-state index contributed by atoms with van der Waals surface area (Å²) in [5, 5.41) is 2.16. The number of hydrogen-bond donors (Lipinski definition) is 1. The number of rotatable bonds is 3. The second kappa shape index (κ2) is 6.52. The topological polar surface area (TPSA) is 66.5 Å².